The normalized spacial score (nSPS) is 13.6. The van der Waals surface area contributed by atoms with Crippen LogP contribution >= 0.6 is 0 Å². The summed E-state index contributed by atoms with van der Waals surface area (Å²) in [5.41, 5.74) is 3.42. The molecule has 3 nitrogen and oxygen atoms in total. The molecule has 4 heteroatoms. The molecule has 0 bridgehead atoms. The lowest BCUT2D eigenvalue weighted by Gasteiger charge is -2.21. The molecule has 1 aromatic heterocycles. The predicted molar refractivity (Wildman–Crippen MR) is 78.7 cm³/mol. The van der Waals surface area contributed by atoms with Crippen molar-refractivity contribution in [1.29, 1.82) is 0 Å². The molecule has 20 heavy (non-hydrogen) atoms. The lowest BCUT2D eigenvalue weighted by atomic mass is 10.2. The van der Waals surface area contributed by atoms with Gasteiger partial charge in [-0.1, -0.05) is 25.1 Å². The van der Waals surface area contributed by atoms with Crippen LogP contribution in [-0.2, 0) is 13.0 Å². The minimum absolute atomic E-state index is 0.283. The molecule has 1 aromatic carbocycles. The largest absolute Gasteiger partial charge is 0.326 e. The smallest absolute Gasteiger partial charge is 0.141 e. The van der Waals surface area contributed by atoms with Crippen LogP contribution in [-0.4, -0.2) is 18.1 Å². The molecule has 0 fully saturated rings. The van der Waals surface area contributed by atoms with Gasteiger partial charge in [0.25, 0.3) is 0 Å². The SMILES string of the molecule is CCNCc1cc(F)cnc1N1CCc2ccccc21. The summed E-state index contributed by atoms with van der Waals surface area (Å²) in [7, 11) is 0. The molecule has 0 radical (unpaired) electrons. The zero-order valence-corrected chi connectivity index (χ0v) is 11.6. The quantitative estimate of drug-likeness (QED) is 0.926. The molecule has 1 aliphatic heterocycles. The standard InChI is InChI=1S/C16H18FN3/c1-2-18-10-13-9-14(17)11-19-16(13)20-8-7-12-5-3-4-6-15(12)20/h3-6,9,11,18H,2,7-8,10H2,1H3. The first-order valence-electron chi connectivity index (χ1n) is 7.00. The van der Waals surface area contributed by atoms with E-state index in [0.29, 0.717) is 6.54 Å². The van der Waals surface area contributed by atoms with Gasteiger partial charge < -0.3 is 10.2 Å². The molecule has 1 aliphatic rings. The lowest BCUT2D eigenvalue weighted by molar-refractivity contribution is 0.614. The van der Waals surface area contributed by atoms with E-state index < -0.39 is 0 Å². The molecule has 0 saturated heterocycles. The second kappa shape index (κ2) is 5.59. The maximum atomic E-state index is 13.4. The Kier molecular flexibility index (Phi) is 3.65. The second-order valence-electron chi connectivity index (χ2n) is 4.95. The Morgan fingerprint density at radius 3 is 3.05 bits per heavy atom. The number of anilines is 2. The first kappa shape index (κ1) is 13.1. The van der Waals surface area contributed by atoms with E-state index in [4.69, 9.17) is 0 Å². The van der Waals surface area contributed by atoms with E-state index in [1.807, 2.05) is 13.0 Å². The Labute approximate surface area is 118 Å². The van der Waals surface area contributed by atoms with Crippen molar-refractivity contribution < 1.29 is 4.39 Å². The van der Waals surface area contributed by atoms with Crippen LogP contribution in [0.3, 0.4) is 0 Å². The number of para-hydroxylation sites is 1. The van der Waals surface area contributed by atoms with E-state index >= 15 is 0 Å². The van der Waals surface area contributed by atoms with E-state index in [1.165, 1.54) is 17.4 Å². The summed E-state index contributed by atoms with van der Waals surface area (Å²) in [6, 6.07) is 9.91. The van der Waals surface area contributed by atoms with Crippen LogP contribution in [0, 0.1) is 5.82 Å². The Hall–Kier alpha value is -1.94. The van der Waals surface area contributed by atoms with Gasteiger partial charge in [-0.3, -0.25) is 0 Å². The van der Waals surface area contributed by atoms with E-state index in [9.17, 15) is 4.39 Å². The minimum Gasteiger partial charge on any atom is -0.326 e. The van der Waals surface area contributed by atoms with Gasteiger partial charge in [0, 0.05) is 24.3 Å². The van der Waals surface area contributed by atoms with E-state index in [0.717, 1.165) is 30.9 Å². The fraction of sp³-hybridized carbons (Fsp3) is 0.312. The third-order valence-electron chi connectivity index (χ3n) is 3.62. The van der Waals surface area contributed by atoms with Gasteiger partial charge in [-0.15, -0.1) is 0 Å². The van der Waals surface area contributed by atoms with Crippen molar-refractivity contribution in [1.82, 2.24) is 10.3 Å². The Balaban J connectivity index is 1.98. The highest BCUT2D eigenvalue weighted by Gasteiger charge is 2.23. The number of rotatable bonds is 4. The van der Waals surface area contributed by atoms with Crippen molar-refractivity contribution >= 4 is 11.5 Å². The second-order valence-corrected chi connectivity index (χ2v) is 4.95. The van der Waals surface area contributed by atoms with Crippen LogP contribution in [0.4, 0.5) is 15.9 Å². The first-order valence-corrected chi connectivity index (χ1v) is 7.00. The van der Waals surface area contributed by atoms with Gasteiger partial charge in [-0.2, -0.15) is 0 Å². The van der Waals surface area contributed by atoms with Crippen LogP contribution in [0.15, 0.2) is 36.5 Å². The van der Waals surface area contributed by atoms with Crippen LogP contribution in [0.1, 0.15) is 18.1 Å². The van der Waals surface area contributed by atoms with E-state index in [1.54, 1.807) is 6.07 Å². The zero-order valence-electron chi connectivity index (χ0n) is 11.6. The van der Waals surface area contributed by atoms with Crippen molar-refractivity contribution in [2.45, 2.75) is 19.9 Å². The molecule has 104 valence electrons. The Bertz CT molecular complexity index is 612. The molecule has 2 aromatic rings. The molecule has 2 heterocycles. The van der Waals surface area contributed by atoms with Crippen LogP contribution in [0.2, 0.25) is 0 Å². The maximum Gasteiger partial charge on any atom is 0.141 e. The van der Waals surface area contributed by atoms with Gasteiger partial charge >= 0.3 is 0 Å². The summed E-state index contributed by atoms with van der Waals surface area (Å²) < 4.78 is 13.4. The van der Waals surface area contributed by atoms with E-state index in [2.05, 4.69) is 33.4 Å². The average Bonchev–Trinajstić information content (AvgIpc) is 2.89. The first-order chi connectivity index (χ1) is 9.79. The topological polar surface area (TPSA) is 28.2 Å². The minimum atomic E-state index is -0.283. The molecule has 0 spiro atoms. The zero-order chi connectivity index (χ0) is 13.9. The van der Waals surface area contributed by atoms with Crippen LogP contribution in [0.5, 0.6) is 0 Å². The van der Waals surface area contributed by atoms with Gasteiger partial charge in [-0.25, -0.2) is 9.37 Å². The van der Waals surface area contributed by atoms with Gasteiger partial charge in [0.05, 0.1) is 6.20 Å². The number of aromatic nitrogens is 1. The van der Waals surface area contributed by atoms with Crippen molar-refractivity contribution in [2.75, 3.05) is 18.0 Å². The summed E-state index contributed by atoms with van der Waals surface area (Å²) in [6.07, 6.45) is 2.31. The van der Waals surface area contributed by atoms with Crippen molar-refractivity contribution in [3.8, 4) is 0 Å². The van der Waals surface area contributed by atoms with Crippen LogP contribution < -0.4 is 10.2 Å². The average molecular weight is 271 g/mol. The number of benzene rings is 1. The highest BCUT2D eigenvalue weighted by Crippen LogP contribution is 2.34. The van der Waals surface area contributed by atoms with Gasteiger partial charge in [0.2, 0.25) is 0 Å². The Morgan fingerprint density at radius 1 is 1.35 bits per heavy atom. The summed E-state index contributed by atoms with van der Waals surface area (Å²) in [5, 5.41) is 3.25. The van der Waals surface area contributed by atoms with Crippen molar-refractivity contribution in [3.63, 3.8) is 0 Å². The van der Waals surface area contributed by atoms with Gasteiger partial charge in [0.15, 0.2) is 0 Å². The molecule has 0 amide bonds. The number of hydrogen-bond acceptors (Lipinski definition) is 3. The molecule has 0 unspecified atom stereocenters. The molecule has 0 aliphatic carbocycles. The maximum absolute atomic E-state index is 13.4. The number of pyridine rings is 1. The highest BCUT2D eigenvalue weighted by molar-refractivity contribution is 5.69. The van der Waals surface area contributed by atoms with Crippen LogP contribution in [0.25, 0.3) is 0 Å². The molecule has 0 atom stereocenters. The van der Waals surface area contributed by atoms with Gasteiger partial charge in [0.1, 0.15) is 11.6 Å². The number of halogens is 1. The number of fused-ring (bicyclic) bond motifs is 1. The molecular weight excluding hydrogens is 253 g/mol. The van der Waals surface area contributed by atoms with Crippen molar-refractivity contribution in [2.24, 2.45) is 0 Å². The van der Waals surface area contributed by atoms with Gasteiger partial charge in [-0.05, 0) is 30.7 Å². The number of nitrogens with zero attached hydrogens (tertiary/aromatic N) is 2. The Morgan fingerprint density at radius 2 is 2.20 bits per heavy atom. The fourth-order valence-electron chi connectivity index (χ4n) is 2.67. The van der Waals surface area contributed by atoms with Crippen molar-refractivity contribution in [3.05, 3.63) is 53.5 Å². The molecule has 3 rings (SSSR count). The predicted octanol–water partition coefficient (Wildman–Crippen LogP) is 3.02. The summed E-state index contributed by atoms with van der Waals surface area (Å²) in [6.45, 7) is 4.43. The summed E-state index contributed by atoms with van der Waals surface area (Å²) in [4.78, 5) is 6.50. The lowest BCUT2D eigenvalue weighted by Crippen LogP contribution is -2.20. The number of hydrogen-bond donors (Lipinski definition) is 1. The third-order valence-corrected chi connectivity index (χ3v) is 3.62. The molecule has 1 N–H and O–H groups in total. The number of nitrogens with one attached hydrogen (secondary N) is 1. The van der Waals surface area contributed by atoms with E-state index in [-0.39, 0.29) is 5.82 Å². The third kappa shape index (κ3) is 2.39. The monoisotopic (exact) mass is 271 g/mol. The highest BCUT2D eigenvalue weighted by atomic mass is 19.1. The molecular formula is C16H18FN3. The fourth-order valence-corrected chi connectivity index (χ4v) is 2.67. The summed E-state index contributed by atoms with van der Waals surface area (Å²) >= 11 is 0. The summed E-state index contributed by atoms with van der Waals surface area (Å²) in [5.74, 6) is 0.575. The molecule has 0 saturated carbocycles.